The Balaban J connectivity index is 0.00000324. The van der Waals surface area contributed by atoms with Gasteiger partial charge in [-0.1, -0.05) is 31.4 Å². The van der Waals surface area contributed by atoms with Gasteiger partial charge in [-0.25, -0.2) is 0 Å². The lowest BCUT2D eigenvalue weighted by Crippen LogP contribution is -2.30. The number of rotatable bonds is 3. The molecule has 19 heavy (non-hydrogen) atoms. The second kappa shape index (κ2) is 7.60. The minimum absolute atomic E-state index is 0. The number of esters is 1. The van der Waals surface area contributed by atoms with Gasteiger partial charge in [0.15, 0.2) is 0 Å². The van der Waals surface area contributed by atoms with Crippen LogP contribution < -0.4 is 0 Å². The van der Waals surface area contributed by atoms with Crippen molar-refractivity contribution in [3.63, 3.8) is 0 Å². The zero-order valence-corrected chi connectivity index (χ0v) is 11.0. The highest BCUT2D eigenvalue weighted by molar-refractivity contribution is 5.82. The summed E-state index contributed by atoms with van der Waals surface area (Å²) in [6.07, 6.45) is 0.468. The summed E-state index contributed by atoms with van der Waals surface area (Å²) in [5.41, 5.74) is 1.10. The largest absolute Gasteiger partial charge is 0.468 e. The van der Waals surface area contributed by atoms with Gasteiger partial charge in [0.1, 0.15) is 0 Å². The number of methoxy groups -OCH3 is 1. The Kier molecular flexibility index (Phi) is 6.89. The Morgan fingerprint density at radius 2 is 1.89 bits per heavy atom. The molecule has 3 heteroatoms. The average Bonchev–Trinajstić information content (AvgIpc) is 2.38. The van der Waals surface area contributed by atoms with E-state index in [4.69, 9.17) is 9.84 Å². The molecule has 104 valence electrons. The van der Waals surface area contributed by atoms with E-state index in [2.05, 4.69) is 11.8 Å². The molecule has 0 aromatic heterocycles. The number of ether oxygens (including phenoxy) is 1. The summed E-state index contributed by atoms with van der Waals surface area (Å²) >= 11 is 0. The number of hydrogen-bond acceptors (Lipinski definition) is 3. The third kappa shape index (κ3) is 4.42. The van der Waals surface area contributed by atoms with E-state index in [1.807, 2.05) is 38.1 Å². The molecule has 0 aliphatic carbocycles. The molecule has 0 radical (unpaired) electrons. The highest BCUT2D eigenvalue weighted by Crippen LogP contribution is 2.24. The molecule has 1 rings (SSSR count). The fourth-order valence-electron chi connectivity index (χ4n) is 1.56. The summed E-state index contributed by atoms with van der Waals surface area (Å²) in [6.45, 7) is 3.72. The monoisotopic (exact) mass is 262 g/mol. The van der Waals surface area contributed by atoms with Gasteiger partial charge in [-0.2, -0.15) is 0 Å². The highest BCUT2D eigenvalue weighted by atomic mass is 16.5. The Morgan fingerprint density at radius 3 is 2.37 bits per heavy atom. The Bertz CT molecular complexity index is 461. The molecule has 0 saturated carbocycles. The Morgan fingerprint density at radius 1 is 1.32 bits per heavy atom. The van der Waals surface area contributed by atoms with Gasteiger partial charge in [0, 0.05) is 12.0 Å². The first-order valence-electron chi connectivity index (χ1n) is 5.81. The SMILES string of the molecule is C.COC(=O)C(C)(C)c1ccc(C#CCCO)cc1. The van der Waals surface area contributed by atoms with Crippen molar-refractivity contribution >= 4 is 5.97 Å². The number of carbonyl (C=O) groups is 1. The lowest BCUT2D eigenvalue weighted by Gasteiger charge is -2.21. The number of aliphatic hydroxyl groups is 1. The van der Waals surface area contributed by atoms with Crippen molar-refractivity contribution < 1.29 is 14.6 Å². The maximum Gasteiger partial charge on any atom is 0.315 e. The minimum atomic E-state index is -0.661. The smallest absolute Gasteiger partial charge is 0.315 e. The van der Waals surface area contributed by atoms with Gasteiger partial charge in [0.2, 0.25) is 0 Å². The van der Waals surface area contributed by atoms with E-state index in [0.717, 1.165) is 11.1 Å². The number of carbonyl (C=O) groups excluding carboxylic acids is 1. The van der Waals surface area contributed by atoms with E-state index in [9.17, 15) is 4.79 Å². The first-order chi connectivity index (χ1) is 8.52. The maximum absolute atomic E-state index is 11.7. The van der Waals surface area contributed by atoms with Crippen molar-refractivity contribution in [1.82, 2.24) is 0 Å². The van der Waals surface area contributed by atoms with E-state index < -0.39 is 5.41 Å². The summed E-state index contributed by atoms with van der Waals surface area (Å²) in [5, 5.41) is 8.63. The number of benzene rings is 1. The average molecular weight is 262 g/mol. The summed E-state index contributed by atoms with van der Waals surface area (Å²) in [6, 6.07) is 7.48. The van der Waals surface area contributed by atoms with Crippen LogP contribution in [-0.4, -0.2) is 24.8 Å². The molecule has 0 saturated heterocycles. The van der Waals surface area contributed by atoms with Crippen LogP contribution >= 0.6 is 0 Å². The van der Waals surface area contributed by atoms with Crippen LogP contribution in [0.5, 0.6) is 0 Å². The molecular weight excluding hydrogens is 240 g/mol. The molecule has 0 aliphatic rings. The summed E-state index contributed by atoms with van der Waals surface area (Å²) in [4.78, 5) is 11.7. The first-order valence-corrected chi connectivity index (χ1v) is 5.81. The normalized spacial score (nSPS) is 9.89. The van der Waals surface area contributed by atoms with Gasteiger partial charge < -0.3 is 9.84 Å². The minimum Gasteiger partial charge on any atom is -0.468 e. The van der Waals surface area contributed by atoms with E-state index in [1.54, 1.807) is 0 Å². The molecule has 0 fully saturated rings. The molecule has 1 N–H and O–H groups in total. The number of hydrogen-bond donors (Lipinski definition) is 1. The second-order valence-electron chi connectivity index (χ2n) is 4.47. The Hall–Kier alpha value is -1.79. The maximum atomic E-state index is 11.7. The summed E-state index contributed by atoms with van der Waals surface area (Å²) in [5.74, 6) is 5.53. The van der Waals surface area contributed by atoms with E-state index in [0.29, 0.717) is 6.42 Å². The zero-order chi connectivity index (χ0) is 13.6. The van der Waals surface area contributed by atoms with Crippen LogP contribution in [0.3, 0.4) is 0 Å². The molecule has 0 heterocycles. The molecule has 0 unspecified atom stereocenters. The molecule has 0 atom stereocenters. The summed E-state index contributed by atoms with van der Waals surface area (Å²) in [7, 11) is 1.39. The summed E-state index contributed by atoms with van der Waals surface area (Å²) < 4.78 is 4.78. The quantitative estimate of drug-likeness (QED) is 0.672. The molecule has 1 aromatic rings. The molecule has 0 spiro atoms. The fourth-order valence-corrected chi connectivity index (χ4v) is 1.56. The van der Waals surface area contributed by atoms with E-state index in [1.165, 1.54) is 7.11 Å². The van der Waals surface area contributed by atoms with Crippen LogP contribution in [0.4, 0.5) is 0 Å². The molecule has 0 bridgehead atoms. The van der Waals surface area contributed by atoms with Crippen LogP contribution in [0.1, 0.15) is 38.8 Å². The predicted octanol–water partition coefficient (Wildman–Crippen LogP) is 2.51. The van der Waals surface area contributed by atoms with Crippen LogP contribution in [-0.2, 0) is 14.9 Å². The van der Waals surface area contributed by atoms with Gasteiger partial charge >= 0.3 is 5.97 Å². The first kappa shape index (κ1) is 17.2. The van der Waals surface area contributed by atoms with Gasteiger partial charge in [0.05, 0.1) is 19.1 Å². The van der Waals surface area contributed by atoms with Crippen molar-refractivity contribution in [2.75, 3.05) is 13.7 Å². The lowest BCUT2D eigenvalue weighted by molar-refractivity contribution is -0.146. The Labute approximate surface area is 115 Å². The van der Waals surface area contributed by atoms with Gasteiger partial charge in [-0.05, 0) is 31.5 Å². The van der Waals surface area contributed by atoms with Crippen molar-refractivity contribution in [2.45, 2.75) is 33.1 Å². The van der Waals surface area contributed by atoms with Gasteiger partial charge in [0.25, 0.3) is 0 Å². The lowest BCUT2D eigenvalue weighted by atomic mass is 9.84. The third-order valence-corrected chi connectivity index (χ3v) is 2.77. The van der Waals surface area contributed by atoms with Crippen LogP contribution in [0, 0.1) is 11.8 Å². The highest BCUT2D eigenvalue weighted by Gasteiger charge is 2.30. The fraction of sp³-hybridized carbons (Fsp3) is 0.438. The predicted molar refractivity (Wildman–Crippen MR) is 76.8 cm³/mol. The molecule has 0 aliphatic heterocycles. The standard InChI is InChI=1S/C15H18O3.CH4/c1-15(2,14(17)18-3)13-9-7-12(8-10-13)6-4-5-11-16;/h7-10,16H,5,11H2,1-3H3;1H4. The molecule has 3 nitrogen and oxygen atoms in total. The van der Waals surface area contributed by atoms with Crippen molar-refractivity contribution in [3.8, 4) is 11.8 Å². The van der Waals surface area contributed by atoms with Crippen molar-refractivity contribution in [3.05, 3.63) is 35.4 Å². The van der Waals surface area contributed by atoms with Crippen LogP contribution in [0.2, 0.25) is 0 Å². The topological polar surface area (TPSA) is 46.5 Å². The van der Waals surface area contributed by atoms with Crippen LogP contribution in [0.25, 0.3) is 0 Å². The van der Waals surface area contributed by atoms with Crippen molar-refractivity contribution in [2.24, 2.45) is 0 Å². The van der Waals surface area contributed by atoms with Crippen molar-refractivity contribution in [1.29, 1.82) is 0 Å². The molecule has 0 amide bonds. The second-order valence-corrected chi connectivity index (χ2v) is 4.47. The van der Waals surface area contributed by atoms with Gasteiger partial charge in [-0.15, -0.1) is 0 Å². The van der Waals surface area contributed by atoms with E-state index >= 15 is 0 Å². The van der Waals surface area contributed by atoms with Crippen LogP contribution in [0.15, 0.2) is 24.3 Å². The zero-order valence-electron chi connectivity index (χ0n) is 11.0. The van der Waals surface area contributed by atoms with Gasteiger partial charge in [-0.3, -0.25) is 4.79 Å². The number of aliphatic hydroxyl groups excluding tert-OH is 1. The van der Waals surface area contributed by atoms with E-state index in [-0.39, 0.29) is 20.0 Å². The molecule has 1 aromatic carbocycles. The molecular formula is C16H22O3. The third-order valence-electron chi connectivity index (χ3n) is 2.77.